The molecule has 18 heavy (non-hydrogen) atoms. The number of nitrogens with zero attached hydrogens (tertiary/aromatic N) is 2. The molecule has 0 radical (unpaired) electrons. The first-order chi connectivity index (χ1) is 8.59. The van der Waals surface area contributed by atoms with Gasteiger partial charge >= 0.3 is 5.69 Å². The number of allylic oxidation sites excluding steroid dienone is 1. The van der Waals surface area contributed by atoms with E-state index in [-0.39, 0.29) is 10.6 Å². The van der Waals surface area contributed by atoms with Crippen molar-refractivity contribution in [3.63, 3.8) is 0 Å². The van der Waals surface area contributed by atoms with Crippen molar-refractivity contribution < 1.29 is 4.92 Å². The van der Waals surface area contributed by atoms with Gasteiger partial charge in [0.25, 0.3) is 0 Å². The summed E-state index contributed by atoms with van der Waals surface area (Å²) in [4.78, 5) is 14.8. The molecule has 0 aliphatic carbocycles. The van der Waals surface area contributed by atoms with Crippen LogP contribution in [0.4, 0.5) is 11.4 Å². The van der Waals surface area contributed by atoms with Gasteiger partial charge in [0, 0.05) is 6.54 Å². The van der Waals surface area contributed by atoms with Crippen molar-refractivity contribution in [1.29, 1.82) is 0 Å². The number of rotatable bonds is 4. The molecule has 2 rings (SSSR count). The summed E-state index contributed by atoms with van der Waals surface area (Å²) in [6.45, 7) is 4.54. The Morgan fingerprint density at radius 2 is 2.33 bits per heavy atom. The fourth-order valence-corrected chi connectivity index (χ4v) is 2.29. The number of hydrogen-bond acceptors (Lipinski definition) is 5. The van der Waals surface area contributed by atoms with E-state index in [1.807, 2.05) is 26.0 Å². The van der Waals surface area contributed by atoms with Crippen molar-refractivity contribution in [2.45, 2.75) is 13.8 Å². The summed E-state index contributed by atoms with van der Waals surface area (Å²) >= 11 is 1.40. The molecule has 1 N–H and O–H groups in total. The number of nitrogens with one attached hydrogen (secondary N) is 1. The summed E-state index contributed by atoms with van der Waals surface area (Å²) in [7, 11) is 0. The van der Waals surface area contributed by atoms with Crippen LogP contribution in [-0.2, 0) is 0 Å². The van der Waals surface area contributed by atoms with Gasteiger partial charge in [-0.1, -0.05) is 11.6 Å². The summed E-state index contributed by atoms with van der Waals surface area (Å²) in [6.07, 6.45) is 1.98. The van der Waals surface area contributed by atoms with Gasteiger partial charge in [-0.15, -0.1) is 11.3 Å². The third kappa shape index (κ3) is 2.48. The molecule has 0 unspecified atom stereocenters. The zero-order valence-electron chi connectivity index (χ0n) is 10.1. The van der Waals surface area contributed by atoms with Gasteiger partial charge in [-0.3, -0.25) is 10.1 Å². The Labute approximate surface area is 108 Å². The molecule has 0 saturated carbocycles. The average molecular weight is 263 g/mol. The van der Waals surface area contributed by atoms with Crippen LogP contribution in [-0.4, -0.2) is 16.5 Å². The fourth-order valence-electron chi connectivity index (χ4n) is 1.61. The maximum absolute atomic E-state index is 11.1. The molecule has 1 aromatic carbocycles. The van der Waals surface area contributed by atoms with E-state index in [0.717, 1.165) is 4.70 Å². The van der Waals surface area contributed by atoms with E-state index in [2.05, 4.69) is 10.3 Å². The van der Waals surface area contributed by atoms with Crippen LogP contribution in [0.1, 0.15) is 13.8 Å². The minimum atomic E-state index is -0.382. The van der Waals surface area contributed by atoms with Gasteiger partial charge in [-0.2, -0.15) is 0 Å². The highest BCUT2D eigenvalue weighted by molar-refractivity contribution is 7.16. The Morgan fingerprint density at radius 1 is 1.56 bits per heavy atom. The summed E-state index contributed by atoms with van der Waals surface area (Å²) in [6, 6.07) is 3.59. The number of nitro benzene ring substituents is 1. The number of anilines is 1. The first kappa shape index (κ1) is 12.5. The normalized spacial score (nSPS) is 10.3. The summed E-state index contributed by atoms with van der Waals surface area (Å²) in [5.41, 5.74) is 3.80. The number of nitro groups is 1. The maximum Gasteiger partial charge on any atom is 0.319 e. The van der Waals surface area contributed by atoms with Crippen LogP contribution in [0.3, 0.4) is 0 Å². The van der Waals surface area contributed by atoms with E-state index < -0.39 is 0 Å². The van der Waals surface area contributed by atoms with Gasteiger partial charge in [0.15, 0.2) is 5.52 Å². The van der Waals surface area contributed by atoms with Crippen molar-refractivity contribution in [3.8, 4) is 0 Å². The van der Waals surface area contributed by atoms with Crippen LogP contribution in [0.15, 0.2) is 29.3 Å². The van der Waals surface area contributed by atoms with Crippen molar-refractivity contribution in [2.75, 3.05) is 11.9 Å². The summed E-state index contributed by atoms with van der Waals surface area (Å²) in [5, 5.41) is 14.2. The molecule has 0 aliphatic heterocycles. The second-order valence-corrected chi connectivity index (χ2v) is 4.97. The van der Waals surface area contributed by atoms with Gasteiger partial charge in [-0.25, -0.2) is 4.98 Å². The third-order valence-corrected chi connectivity index (χ3v) is 3.26. The van der Waals surface area contributed by atoms with Crippen LogP contribution >= 0.6 is 11.3 Å². The van der Waals surface area contributed by atoms with Crippen LogP contribution in [0.2, 0.25) is 0 Å². The largest absolute Gasteiger partial charge is 0.376 e. The molecule has 1 heterocycles. The minimum absolute atomic E-state index is 0.0518. The molecule has 0 spiro atoms. The first-order valence-electron chi connectivity index (χ1n) is 5.47. The molecule has 6 heteroatoms. The van der Waals surface area contributed by atoms with Gasteiger partial charge in [0.2, 0.25) is 0 Å². The van der Waals surface area contributed by atoms with E-state index in [0.29, 0.717) is 17.7 Å². The molecule has 94 valence electrons. The van der Waals surface area contributed by atoms with Crippen molar-refractivity contribution in [1.82, 2.24) is 4.98 Å². The number of benzene rings is 1. The maximum atomic E-state index is 11.1. The second-order valence-electron chi connectivity index (χ2n) is 4.08. The zero-order chi connectivity index (χ0) is 13.1. The van der Waals surface area contributed by atoms with Crippen molar-refractivity contribution in [2.24, 2.45) is 0 Å². The lowest BCUT2D eigenvalue weighted by Gasteiger charge is -2.05. The van der Waals surface area contributed by atoms with Gasteiger partial charge < -0.3 is 5.32 Å². The quantitative estimate of drug-likeness (QED) is 0.520. The highest BCUT2D eigenvalue weighted by Gasteiger charge is 2.19. The number of fused-ring (bicyclic) bond motifs is 1. The molecule has 0 atom stereocenters. The van der Waals surface area contributed by atoms with Crippen LogP contribution in [0.5, 0.6) is 0 Å². The lowest BCUT2D eigenvalue weighted by atomic mass is 10.2. The van der Waals surface area contributed by atoms with E-state index in [1.165, 1.54) is 16.9 Å². The summed E-state index contributed by atoms with van der Waals surface area (Å²) in [5.74, 6) is 0. The fraction of sp³-hybridized carbons (Fsp3) is 0.250. The third-order valence-electron chi connectivity index (χ3n) is 2.46. The van der Waals surface area contributed by atoms with E-state index in [9.17, 15) is 10.1 Å². The molecule has 0 aliphatic rings. The standard InChI is InChI=1S/C12H13N3O2S/c1-8(2)5-6-13-9-3-4-10-11(14-7-18-10)12(9)15(16)17/h3-5,7,13H,6H2,1-2H3. The van der Waals surface area contributed by atoms with Crippen molar-refractivity contribution >= 4 is 32.9 Å². The van der Waals surface area contributed by atoms with Crippen molar-refractivity contribution in [3.05, 3.63) is 39.4 Å². The predicted molar refractivity (Wildman–Crippen MR) is 74.2 cm³/mol. The molecule has 5 nitrogen and oxygen atoms in total. The second kappa shape index (κ2) is 5.14. The molecule has 2 aromatic rings. The van der Waals surface area contributed by atoms with Crippen LogP contribution in [0.25, 0.3) is 10.2 Å². The number of aromatic nitrogens is 1. The van der Waals surface area contributed by atoms with E-state index in [4.69, 9.17) is 0 Å². The molecular formula is C12H13N3O2S. The Balaban J connectivity index is 2.40. The lowest BCUT2D eigenvalue weighted by molar-refractivity contribution is -0.382. The summed E-state index contributed by atoms with van der Waals surface area (Å²) < 4.78 is 0.828. The Kier molecular flexibility index (Phi) is 3.57. The van der Waals surface area contributed by atoms with Gasteiger partial charge in [0.1, 0.15) is 5.69 Å². The highest BCUT2D eigenvalue weighted by atomic mass is 32.1. The molecule has 0 saturated heterocycles. The first-order valence-corrected chi connectivity index (χ1v) is 6.35. The van der Waals surface area contributed by atoms with Crippen LogP contribution < -0.4 is 5.32 Å². The molecule has 0 fully saturated rings. The Bertz CT molecular complexity index is 615. The van der Waals surface area contributed by atoms with E-state index >= 15 is 0 Å². The average Bonchev–Trinajstić information content (AvgIpc) is 2.75. The Hall–Kier alpha value is -1.95. The predicted octanol–water partition coefficient (Wildman–Crippen LogP) is 3.58. The number of thiazole rings is 1. The molecule has 0 amide bonds. The van der Waals surface area contributed by atoms with Gasteiger partial charge in [0.05, 0.1) is 15.1 Å². The Morgan fingerprint density at radius 3 is 3.00 bits per heavy atom. The highest BCUT2D eigenvalue weighted by Crippen LogP contribution is 2.34. The lowest BCUT2D eigenvalue weighted by Crippen LogP contribution is -2.03. The number of hydrogen-bond donors (Lipinski definition) is 1. The monoisotopic (exact) mass is 263 g/mol. The molecule has 1 aromatic heterocycles. The zero-order valence-corrected chi connectivity index (χ0v) is 11.0. The molecule has 0 bridgehead atoms. The van der Waals surface area contributed by atoms with E-state index in [1.54, 1.807) is 11.6 Å². The SMILES string of the molecule is CC(C)=CCNc1ccc2scnc2c1[N+](=O)[O-]. The minimum Gasteiger partial charge on any atom is -0.376 e. The smallest absolute Gasteiger partial charge is 0.319 e. The van der Waals surface area contributed by atoms with Crippen LogP contribution in [0, 0.1) is 10.1 Å². The topological polar surface area (TPSA) is 68.1 Å². The molecular weight excluding hydrogens is 250 g/mol. The van der Waals surface area contributed by atoms with Gasteiger partial charge in [-0.05, 0) is 26.0 Å².